The van der Waals surface area contributed by atoms with Crippen molar-refractivity contribution in [2.75, 3.05) is 26.8 Å². The molecule has 0 spiro atoms. The number of fused-ring (bicyclic) bond motifs is 1. The first kappa shape index (κ1) is 27.2. The third-order valence-electron chi connectivity index (χ3n) is 6.51. The lowest BCUT2D eigenvalue weighted by Crippen LogP contribution is -2.49. The Labute approximate surface area is 224 Å². The van der Waals surface area contributed by atoms with Crippen LogP contribution in [0.3, 0.4) is 0 Å². The van der Waals surface area contributed by atoms with Gasteiger partial charge in [0.05, 0.1) is 31.3 Å². The molecular weight excluding hydrogens is 502 g/mol. The number of hydrogen-bond donors (Lipinski definition) is 4. The van der Waals surface area contributed by atoms with E-state index in [1.807, 2.05) is 6.07 Å². The Morgan fingerprint density at radius 2 is 1.97 bits per heavy atom. The van der Waals surface area contributed by atoms with Crippen molar-refractivity contribution in [3.05, 3.63) is 59.8 Å². The van der Waals surface area contributed by atoms with Crippen LogP contribution in [0.2, 0.25) is 0 Å². The largest absolute Gasteiger partial charge is 0.496 e. The molecule has 3 aromatic rings. The maximum atomic E-state index is 13.0. The molecule has 2 atom stereocenters. The van der Waals surface area contributed by atoms with Crippen LogP contribution in [-0.4, -0.2) is 61.3 Å². The van der Waals surface area contributed by atoms with Crippen LogP contribution in [-0.2, 0) is 14.4 Å². The average Bonchev–Trinajstić information content (AvgIpc) is 3.40. The van der Waals surface area contributed by atoms with E-state index in [4.69, 9.17) is 14.7 Å². The first-order valence-electron chi connectivity index (χ1n) is 12.5. The number of nitrogens with zero attached hydrogens (tertiary/aromatic N) is 1. The van der Waals surface area contributed by atoms with Crippen LogP contribution in [0.5, 0.6) is 11.5 Å². The van der Waals surface area contributed by atoms with E-state index in [1.165, 1.54) is 7.11 Å². The Bertz CT molecular complexity index is 1410. The highest BCUT2D eigenvalue weighted by Crippen LogP contribution is 2.26. The van der Waals surface area contributed by atoms with Crippen LogP contribution in [0.1, 0.15) is 35.3 Å². The minimum Gasteiger partial charge on any atom is -0.496 e. The lowest BCUT2D eigenvalue weighted by Gasteiger charge is -2.26. The van der Waals surface area contributed by atoms with Crippen LogP contribution < -0.4 is 25.4 Å². The highest BCUT2D eigenvalue weighted by molar-refractivity contribution is 6.01. The second kappa shape index (κ2) is 12.6. The Morgan fingerprint density at radius 3 is 2.69 bits per heavy atom. The number of ether oxygens (including phenoxy) is 2. The zero-order valence-electron chi connectivity index (χ0n) is 21.4. The fourth-order valence-electron chi connectivity index (χ4n) is 4.43. The van der Waals surface area contributed by atoms with Crippen molar-refractivity contribution in [1.29, 1.82) is 5.26 Å². The quantitative estimate of drug-likeness (QED) is 0.293. The molecule has 4 N–H and O–H groups in total. The number of ketones is 1. The summed E-state index contributed by atoms with van der Waals surface area (Å²) in [6.45, 7) is -0.134. The number of rotatable bonds is 11. The topological polar surface area (TPSA) is 162 Å². The zero-order chi connectivity index (χ0) is 27.8. The summed E-state index contributed by atoms with van der Waals surface area (Å²) < 4.78 is 10.9. The molecule has 0 aliphatic carbocycles. The number of benzene rings is 2. The van der Waals surface area contributed by atoms with Crippen LogP contribution in [0.25, 0.3) is 10.9 Å². The first-order chi connectivity index (χ1) is 18.9. The van der Waals surface area contributed by atoms with Gasteiger partial charge in [0.25, 0.3) is 5.91 Å². The number of piperidine rings is 1. The van der Waals surface area contributed by atoms with Gasteiger partial charge < -0.3 is 30.4 Å². The Balaban J connectivity index is 1.37. The molecule has 3 amide bonds. The van der Waals surface area contributed by atoms with Gasteiger partial charge in [0, 0.05) is 23.4 Å². The molecule has 2 heterocycles. The summed E-state index contributed by atoms with van der Waals surface area (Å²) in [5, 5.41) is 17.6. The van der Waals surface area contributed by atoms with Crippen molar-refractivity contribution in [1.82, 2.24) is 20.9 Å². The normalized spacial score (nSPS) is 15.5. The maximum absolute atomic E-state index is 13.0. The smallest absolute Gasteiger partial charge is 0.268 e. The third kappa shape index (κ3) is 6.93. The molecule has 1 aromatic heterocycles. The molecule has 4 rings (SSSR count). The highest BCUT2D eigenvalue weighted by atomic mass is 16.5. The van der Waals surface area contributed by atoms with Crippen molar-refractivity contribution in [3.63, 3.8) is 0 Å². The van der Waals surface area contributed by atoms with E-state index in [2.05, 4.69) is 20.9 Å². The standard InChI is InChI=1S/C28H29N5O6/c1-38-25-6-2-5-21-20(25)13-23(32-21)28(37)31-15-26(35)33-22(12-18-4-3-11-30-27(18)36)24(34)16-39-19-9-7-17(14-29)8-10-19/h2,5-10,13,18,22,32H,3-4,11-12,15-16H2,1H3,(H,30,36)(H,31,37)(H,33,35). The molecular formula is C28H29N5O6. The van der Waals surface area contributed by atoms with E-state index in [-0.39, 0.29) is 31.2 Å². The molecule has 1 fully saturated rings. The summed E-state index contributed by atoms with van der Waals surface area (Å²) in [5.74, 6) is -1.09. The second-order valence-corrected chi connectivity index (χ2v) is 9.16. The van der Waals surface area contributed by atoms with Gasteiger partial charge >= 0.3 is 0 Å². The van der Waals surface area contributed by atoms with Crippen molar-refractivity contribution >= 4 is 34.4 Å². The minimum absolute atomic E-state index is 0.114. The molecule has 11 nitrogen and oxygen atoms in total. The number of carbonyl (C=O) groups excluding carboxylic acids is 4. The van der Waals surface area contributed by atoms with Gasteiger partial charge in [-0.1, -0.05) is 6.07 Å². The molecule has 2 unspecified atom stereocenters. The summed E-state index contributed by atoms with van der Waals surface area (Å²) in [5.41, 5.74) is 1.42. The average molecular weight is 532 g/mol. The monoisotopic (exact) mass is 531 g/mol. The fourth-order valence-corrected chi connectivity index (χ4v) is 4.43. The van der Waals surface area contributed by atoms with Gasteiger partial charge in [0.2, 0.25) is 11.8 Å². The number of nitriles is 1. The molecule has 0 radical (unpaired) electrons. The number of carbonyl (C=O) groups is 4. The number of Topliss-reactive ketones (excluding diaryl/α,β-unsaturated/α-hetero) is 1. The summed E-state index contributed by atoms with van der Waals surface area (Å²) in [7, 11) is 1.54. The fraction of sp³-hybridized carbons (Fsp3) is 0.321. The van der Waals surface area contributed by atoms with E-state index in [0.717, 1.165) is 11.8 Å². The molecule has 1 aliphatic heterocycles. The van der Waals surface area contributed by atoms with Crippen molar-refractivity contribution < 1.29 is 28.7 Å². The van der Waals surface area contributed by atoms with Gasteiger partial charge in [-0.2, -0.15) is 5.26 Å². The highest BCUT2D eigenvalue weighted by Gasteiger charge is 2.30. The number of methoxy groups -OCH3 is 1. The number of aromatic nitrogens is 1. The number of hydrogen-bond acceptors (Lipinski definition) is 7. The van der Waals surface area contributed by atoms with Crippen LogP contribution in [0, 0.1) is 17.2 Å². The number of amides is 3. The molecule has 2 aromatic carbocycles. The van der Waals surface area contributed by atoms with E-state index in [1.54, 1.807) is 48.5 Å². The van der Waals surface area contributed by atoms with E-state index in [0.29, 0.717) is 35.5 Å². The molecule has 39 heavy (non-hydrogen) atoms. The van der Waals surface area contributed by atoms with Gasteiger partial charge in [0.15, 0.2) is 5.78 Å². The predicted octanol–water partition coefficient (Wildman–Crippen LogP) is 1.83. The van der Waals surface area contributed by atoms with E-state index >= 15 is 0 Å². The number of aromatic amines is 1. The molecule has 1 aliphatic rings. The molecule has 11 heteroatoms. The SMILES string of the molecule is COc1cccc2[nH]c(C(=O)NCC(=O)NC(CC3CCCNC3=O)C(=O)COc3ccc(C#N)cc3)cc12. The third-order valence-corrected chi connectivity index (χ3v) is 6.51. The van der Waals surface area contributed by atoms with Gasteiger partial charge in [0.1, 0.15) is 23.8 Å². The van der Waals surface area contributed by atoms with Gasteiger partial charge in [-0.05, 0) is 61.7 Å². The zero-order valence-corrected chi connectivity index (χ0v) is 21.4. The Kier molecular flexibility index (Phi) is 8.78. The molecule has 1 saturated heterocycles. The van der Waals surface area contributed by atoms with Gasteiger partial charge in [-0.25, -0.2) is 0 Å². The molecule has 202 valence electrons. The summed E-state index contributed by atoms with van der Waals surface area (Å²) in [6, 6.07) is 14.3. The van der Waals surface area contributed by atoms with Crippen molar-refractivity contribution in [2.24, 2.45) is 5.92 Å². The van der Waals surface area contributed by atoms with Crippen LogP contribution in [0.4, 0.5) is 0 Å². The molecule has 0 bridgehead atoms. The van der Waals surface area contributed by atoms with Crippen LogP contribution in [0.15, 0.2) is 48.5 Å². The Morgan fingerprint density at radius 1 is 1.18 bits per heavy atom. The second-order valence-electron chi connectivity index (χ2n) is 9.16. The predicted molar refractivity (Wildman–Crippen MR) is 141 cm³/mol. The minimum atomic E-state index is -0.987. The first-order valence-corrected chi connectivity index (χ1v) is 12.5. The van der Waals surface area contributed by atoms with Crippen molar-refractivity contribution in [2.45, 2.75) is 25.3 Å². The van der Waals surface area contributed by atoms with Crippen LogP contribution >= 0.6 is 0 Å². The number of H-pyrrole nitrogens is 1. The molecule has 0 saturated carbocycles. The summed E-state index contributed by atoms with van der Waals surface area (Å²) in [6.07, 6.45) is 1.49. The van der Waals surface area contributed by atoms with Gasteiger partial charge in [-0.15, -0.1) is 0 Å². The van der Waals surface area contributed by atoms with E-state index in [9.17, 15) is 19.2 Å². The number of nitrogens with one attached hydrogen (secondary N) is 4. The summed E-state index contributed by atoms with van der Waals surface area (Å²) in [4.78, 5) is 53.8. The lowest BCUT2D eigenvalue weighted by molar-refractivity contribution is -0.131. The van der Waals surface area contributed by atoms with Gasteiger partial charge in [-0.3, -0.25) is 19.2 Å². The van der Waals surface area contributed by atoms with Crippen molar-refractivity contribution in [3.8, 4) is 17.6 Å². The lowest BCUT2D eigenvalue weighted by atomic mass is 9.90. The summed E-state index contributed by atoms with van der Waals surface area (Å²) >= 11 is 0. The van der Waals surface area contributed by atoms with E-state index < -0.39 is 29.6 Å². The maximum Gasteiger partial charge on any atom is 0.268 e. The Hall–Kier alpha value is -4.85.